The van der Waals surface area contributed by atoms with Crippen molar-refractivity contribution in [3.63, 3.8) is 0 Å². The lowest BCUT2D eigenvalue weighted by molar-refractivity contribution is -0.0317. The third-order valence-electron chi connectivity index (χ3n) is 4.34. The molecule has 1 saturated heterocycles. The van der Waals surface area contributed by atoms with Crippen molar-refractivity contribution < 1.29 is 9.53 Å². The summed E-state index contributed by atoms with van der Waals surface area (Å²) in [5.41, 5.74) is 1.66. The third kappa shape index (κ3) is 3.44. The second-order valence-electron chi connectivity index (χ2n) is 5.87. The maximum Gasteiger partial charge on any atom is 0.254 e. The van der Waals surface area contributed by atoms with Gasteiger partial charge in [-0.3, -0.25) is 14.2 Å². The summed E-state index contributed by atoms with van der Waals surface area (Å²) in [5, 5.41) is 11.4. The molecule has 0 radical (unpaired) electrons. The minimum absolute atomic E-state index is 0.0186. The predicted octanol–water partition coefficient (Wildman–Crippen LogP) is 1.53. The van der Waals surface area contributed by atoms with Crippen molar-refractivity contribution in [2.45, 2.75) is 32.4 Å². The second kappa shape index (κ2) is 6.95. The topological polar surface area (TPSA) is 74.0 Å². The number of nitrogens with zero attached hydrogens (tertiary/aromatic N) is 4. The first-order chi connectivity index (χ1) is 11.2. The predicted molar refractivity (Wildman–Crippen MR) is 84.9 cm³/mol. The minimum atomic E-state index is -0.0842. The van der Waals surface area contributed by atoms with Crippen molar-refractivity contribution >= 4 is 5.91 Å². The van der Waals surface area contributed by atoms with Crippen LogP contribution >= 0.6 is 0 Å². The lowest BCUT2D eigenvalue weighted by atomic mass is 9.92. The van der Waals surface area contributed by atoms with Crippen molar-refractivity contribution in [2.75, 3.05) is 13.2 Å². The Balaban J connectivity index is 1.63. The Morgan fingerprint density at radius 2 is 2.35 bits per heavy atom. The number of hydrogen-bond donors (Lipinski definition) is 1. The number of carbonyl (C=O) groups is 1. The minimum Gasteiger partial charge on any atom is -0.372 e. The lowest BCUT2D eigenvalue weighted by Gasteiger charge is -2.31. The van der Waals surface area contributed by atoms with Gasteiger partial charge in [-0.25, -0.2) is 0 Å². The zero-order valence-electron chi connectivity index (χ0n) is 13.6. The molecule has 7 heteroatoms. The van der Waals surface area contributed by atoms with E-state index in [-0.39, 0.29) is 17.9 Å². The van der Waals surface area contributed by atoms with Crippen LogP contribution in [0.5, 0.6) is 0 Å². The molecule has 0 unspecified atom stereocenters. The normalized spacial score (nSPS) is 21.3. The Bertz CT molecular complexity index is 663. The van der Waals surface area contributed by atoms with Crippen LogP contribution in [0.3, 0.4) is 0 Å². The van der Waals surface area contributed by atoms with Gasteiger partial charge in [0, 0.05) is 45.1 Å². The van der Waals surface area contributed by atoms with Crippen LogP contribution in [0.15, 0.2) is 24.7 Å². The van der Waals surface area contributed by atoms with E-state index < -0.39 is 0 Å². The number of aryl methyl sites for hydroxylation is 2. The summed E-state index contributed by atoms with van der Waals surface area (Å²) >= 11 is 0. The van der Waals surface area contributed by atoms with Gasteiger partial charge in [0.05, 0.1) is 17.5 Å². The largest absolute Gasteiger partial charge is 0.372 e. The number of hydrogen-bond acceptors (Lipinski definition) is 4. The Morgan fingerprint density at radius 3 is 3.04 bits per heavy atom. The molecule has 0 bridgehead atoms. The second-order valence-corrected chi connectivity index (χ2v) is 5.87. The molecule has 3 heterocycles. The summed E-state index contributed by atoms with van der Waals surface area (Å²) < 4.78 is 9.54. The number of rotatable bonds is 5. The van der Waals surface area contributed by atoms with Crippen molar-refractivity contribution in [3.05, 3.63) is 35.9 Å². The van der Waals surface area contributed by atoms with E-state index in [1.807, 2.05) is 24.7 Å². The van der Waals surface area contributed by atoms with Crippen LogP contribution in [0.25, 0.3) is 0 Å². The molecule has 124 valence electrons. The fraction of sp³-hybridized carbons (Fsp3) is 0.562. The van der Waals surface area contributed by atoms with Gasteiger partial charge < -0.3 is 10.1 Å². The Morgan fingerprint density at radius 1 is 1.48 bits per heavy atom. The van der Waals surface area contributed by atoms with Crippen LogP contribution < -0.4 is 5.32 Å². The quantitative estimate of drug-likeness (QED) is 0.907. The summed E-state index contributed by atoms with van der Waals surface area (Å²) in [6.45, 7) is 4.09. The van der Waals surface area contributed by atoms with Crippen LogP contribution in [0.2, 0.25) is 0 Å². The smallest absolute Gasteiger partial charge is 0.254 e. The molecule has 7 nitrogen and oxygen atoms in total. The molecule has 1 fully saturated rings. The molecule has 1 aliphatic heterocycles. The molecular weight excluding hydrogens is 294 g/mol. The molecule has 2 aromatic rings. The average Bonchev–Trinajstić information content (AvgIpc) is 3.21. The van der Waals surface area contributed by atoms with Gasteiger partial charge >= 0.3 is 0 Å². The molecular formula is C16H23N5O2. The molecule has 2 atom stereocenters. The Kier molecular flexibility index (Phi) is 4.76. The van der Waals surface area contributed by atoms with Gasteiger partial charge in [0.25, 0.3) is 5.91 Å². The van der Waals surface area contributed by atoms with Gasteiger partial charge in [-0.15, -0.1) is 0 Å². The van der Waals surface area contributed by atoms with Gasteiger partial charge in [-0.2, -0.15) is 10.2 Å². The highest BCUT2D eigenvalue weighted by molar-refractivity contribution is 5.93. The van der Waals surface area contributed by atoms with Gasteiger partial charge in [0.2, 0.25) is 0 Å². The standard InChI is InChI=1S/C16H23N5O2/c1-3-21-11-13(10-19-21)16(22)17-9-12-5-4-8-23-15(12)14-6-7-18-20(14)2/h6-7,10-12,15H,3-5,8-9H2,1-2H3,(H,17,22)/t12-,15+/m0/s1. The summed E-state index contributed by atoms with van der Waals surface area (Å²) in [6, 6.07) is 1.98. The van der Waals surface area contributed by atoms with Crippen LogP contribution in [0.1, 0.15) is 41.9 Å². The fourth-order valence-electron chi connectivity index (χ4n) is 3.02. The van der Waals surface area contributed by atoms with Gasteiger partial charge in [-0.05, 0) is 25.8 Å². The highest BCUT2D eigenvalue weighted by Crippen LogP contribution is 2.32. The molecule has 1 amide bonds. The molecule has 23 heavy (non-hydrogen) atoms. The van der Waals surface area contributed by atoms with Crippen molar-refractivity contribution in [1.29, 1.82) is 0 Å². The van der Waals surface area contributed by atoms with E-state index in [1.165, 1.54) is 0 Å². The first kappa shape index (κ1) is 15.7. The molecule has 2 aromatic heterocycles. The van der Waals surface area contributed by atoms with E-state index >= 15 is 0 Å². The van der Waals surface area contributed by atoms with Crippen molar-refractivity contribution in [2.24, 2.45) is 13.0 Å². The van der Waals surface area contributed by atoms with Crippen molar-refractivity contribution in [3.8, 4) is 0 Å². The van der Waals surface area contributed by atoms with E-state index in [0.717, 1.165) is 31.7 Å². The third-order valence-corrected chi connectivity index (χ3v) is 4.34. The number of amides is 1. The lowest BCUT2D eigenvalue weighted by Crippen LogP contribution is -2.35. The van der Waals surface area contributed by atoms with Gasteiger partial charge in [-0.1, -0.05) is 0 Å². The van der Waals surface area contributed by atoms with Crippen molar-refractivity contribution in [1.82, 2.24) is 24.9 Å². The van der Waals surface area contributed by atoms with E-state index in [9.17, 15) is 4.79 Å². The first-order valence-corrected chi connectivity index (χ1v) is 8.09. The molecule has 0 spiro atoms. The van der Waals surface area contributed by atoms with E-state index in [0.29, 0.717) is 12.1 Å². The maximum atomic E-state index is 12.3. The van der Waals surface area contributed by atoms with Crippen LogP contribution in [-0.2, 0) is 18.3 Å². The van der Waals surface area contributed by atoms with Gasteiger partial charge in [0.1, 0.15) is 6.10 Å². The molecule has 0 aromatic carbocycles. The van der Waals surface area contributed by atoms with Gasteiger partial charge in [0.15, 0.2) is 0 Å². The SMILES string of the molecule is CCn1cc(C(=O)NC[C@@H]2CCCO[C@H]2c2ccnn2C)cn1. The number of aromatic nitrogens is 4. The first-order valence-electron chi connectivity index (χ1n) is 8.09. The van der Waals surface area contributed by atoms with Crippen LogP contribution in [0.4, 0.5) is 0 Å². The monoisotopic (exact) mass is 317 g/mol. The maximum absolute atomic E-state index is 12.3. The highest BCUT2D eigenvalue weighted by Gasteiger charge is 2.29. The summed E-state index contributed by atoms with van der Waals surface area (Å²) in [6.07, 6.45) is 7.18. The summed E-state index contributed by atoms with van der Waals surface area (Å²) in [5.74, 6) is 0.170. The van der Waals surface area contributed by atoms with E-state index in [4.69, 9.17) is 4.74 Å². The highest BCUT2D eigenvalue weighted by atomic mass is 16.5. The number of ether oxygens (including phenoxy) is 1. The zero-order chi connectivity index (χ0) is 16.2. The number of carbonyl (C=O) groups excluding carboxylic acids is 1. The molecule has 1 aliphatic rings. The Labute approximate surface area is 135 Å². The summed E-state index contributed by atoms with van der Waals surface area (Å²) in [7, 11) is 1.92. The van der Waals surface area contributed by atoms with E-state index in [1.54, 1.807) is 23.3 Å². The molecule has 0 aliphatic carbocycles. The molecule has 3 rings (SSSR count). The zero-order valence-corrected chi connectivity index (χ0v) is 13.6. The molecule has 0 saturated carbocycles. The summed E-state index contributed by atoms with van der Waals surface area (Å²) in [4.78, 5) is 12.3. The van der Waals surface area contributed by atoms with Crippen LogP contribution in [-0.4, -0.2) is 38.6 Å². The number of nitrogens with one attached hydrogen (secondary N) is 1. The van der Waals surface area contributed by atoms with Crippen LogP contribution in [0, 0.1) is 5.92 Å². The molecule has 1 N–H and O–H groups in total. The Hall–Kier alpha value is -2.15. The average molecular weight is 317 g/mol. The van der Waals surface area contributed by atoms with E-state index in [2.05, 4.69) is 15.5 Å². The fourth-order valence-corrected chi connectivity index (χ4v) is 3.02.